The molecule has 5 aliphatic heterocycles. The SMILES string of the molecule is C[C@H]1OCC(O[C@H]2[C@@H](O)CC(O[C@@H]3CC[C@@]4(C)[C@H](CCC5[C@@H]4C[C@@H](O)[C@]4(C)[C@@H](C6=CC(=O)OC6)CC[C@]54O)C3)O[C@@H]2C)[C@H](O)[C@@H]1OC1C[C@H](O)[C@H](OCCCCCC(=O)NCCCCCC(=O)N[C@@H](CC[S+](C)C[C@H]2O[C@@H](n3cnc4c(N)ncnc43)[C@H](O)[C@@H]2O)C(=O)[O-])[C@@H](C)O1. The van der Waals surface area contributed by atoms with Crippen molar-refractivity contribution < 1.29 is 103 Å². The molecule has 2 amide bonds. The number of aliphatic carboxylic acids is 1. The van der Waals surface area contributed by atoms with Crippen molar-refractivity contribution in [2.24, 2.45) is 34.5 Å². The van der Waals surface area contributed by atoms with Gasteiger partial charge in [-0.05, 0) is 143 Å². The van der Waals surface area contributed by atoms with Gasteiger partial charge in [0.2, 0.25) is 11.8 Å². The average Bonchev–Trinajstić information content (AvgIpc) is 1.53. The Morgan fingerprint density at radius 2 is 1.52 bits per heavy atom. The molecule has 5 unspecified atom stereocenters. The molecular formula is C68H105N7O21S. The van der Waals surface area contributed by atoms with Crippen molar-refractivity contribution in [1.82, 2.24) is 30.2 Å². The van der Waals surface area contributed by atoms with Gasteiger partial charge in [-0.3, -0.25) is 14.2 Å². The number of unbranched alkanes of at least 4 members (excludes halogenated alkanes) is 4. The van der Waals surface area contributed by atoms with Gasteiger partial charge in [-0.2, -0.15) is 0 Å². The first-order chi connectivity index (χ1) is 46.3. The summed E-state index contributed by atoms with van der Waals surface area (Å²) in [5.41, 5.74) is 5.54. The maximum Gasteiger partial charge on any atom is 0.331 e. The van der Waals surface area contributed by atoms with Crippen LogP contribution < -0.4 is 21.5 Å². The van der Waals surface area contributed by atoms with Crippen LogP contribution in [0.1, 0.15) is 163 Å². The van der Waals surface area contributed by atoms with E-state index >= 15 is 0 Å². The molecule has 0 bridgehead atoms. The van der Waals surface area contributed by atoms with Crippen molar-refractivity contribution in [1.29, 1.82) is 0 Å². The maximum absolute atomic E-state index is 12.7. The highest BCUT2D eigenvalue weighted by Gasteiger charge is 2.71. The van der Waals surface area contributed by atoms with Crippen molar-refractivity contribution in [2.75, 3.05) is 49.9 Å². The van der Waals surface area contributed by atoms with E-state index in [1.165, 1.54) is 17.2 Å². The second-order valence-corrected chi connectivity index (χ2v) is 31.9. The highest BCUT2D eigenvalue weighted by atomic mass is 32.2. The zero-order chi connectivity index (χ0) is 69.3. The number of rotatable bonds is 28. The van der Waals surface area contributed by atoms with Gasteiger partial charge in [0.05, 0.1) is 79.5 Å². The van der Waals surface area contributed by atoms with Crippen molar-refractivity contribution >= 4 is 51.6 Å². The van der Waals surface area contributed by atoms with Gasteiger partial charge < -0.3 is 105 Å². The largest absolute Gasteiger partial charge is 0.548 e. The van der Waals surface area contributed by atoms with E-state index in [0.29, 0.717) is 106 Å². The summed E-state index contributed by atoms with van der Waals surface area (Å²) < 4.78 is 56.9. The van der Waals surface area contributed by atoms with Crippen molar-refractivity contribution in [3.05, 3.63) is 24.3 Å². The van der Waals surface area contributed by atoms with Gasteiger partial charge in [0.15, 0.2) is 30.3 Å². The minimum absolute atomic E-state index is 0.0399. The summed E-state index contributed by atoms with van der Waals surface area (Å²) in [5, 5.41) is 98.4. The number of nitrogen functional groups attached to an aromatic ring is 1. The van der Waals surface area contributed by atoms with E-state index in [4.69, 9.17) is 48.4 Å². The molecule has 0 radical (unpaired) electrons. The summed E-state index contributed by atoms with van der Waals surface area (Å²) in [6.45, 7) is 10.8. The average molecular weight is 1390 g/mol. The third-order valence-electron chi connectivity index (χ3n) is 23.6. The summed E-state index contributed by atoms with van der Waals surface area (Å²) in [7, 11) is -0.465. The first kappa shape index (κ1) is 73.9. The second-order valence-electron chi connectivity index (χ2n) is 29.6. The van der Waals surface area contributed by atoms with E-state index in [0.717, 1.165) is 37.7 Å². The molecule has 2 aromatic rings. The number of carbonyl (C=O) groups excluding carboxylic acids is 4. The quantitative estimate of drug-likeness (QED) is 0.0246. The van der Waals surface area contributed by atoms with Crippen LogP contribution in [0.3, 0.4) is 0 Å². The van der Waals surface area contributed by atoms with E-state index in [1.807, 2.05) is 20.1 Å². The number of hydrogen-bond donors (Lipinski definition) is 10. The van der Waals surface area contributed by atoms with Crippen LogP contribution in [0, 0.1) is 34.5 Å². The van der Waals surface area contributed by atoms with Crippen molar-refractivity contribution in [2.45, 2.75) is 279 Å². The number of esters is 1. The number of imidazole rings is 1. The number of nitrogens with zero attached hydrogens (tertiary/aromatic N) is 4. The van der Waals surface area contributed by atoms with Gasteiger partial charge in [0, 0.05) is 56.7 Å². The number of fused-ring (bicyclic) bond motifs is 6. The summed E-state index contributed by atoms with van der Waals surface area (Å²) >= 11 is 0. The Kier molecular flexibility index (Phi) is 24.0. The summed E-state index contributed by atoms with van der Waals surface area (Å²) in [6, 6.07) is -1.21. The molecule has 11 rings (SSSR count). The topological polar surface area (TPSA) is 410 Å². The van der Waals surface area contributed by atoms with Crippen LogP contribution in [-0.2, 0) is 72.7 Å². The molecule has 29 heteroatoms. The van der Waals surface area contributed by atoms with Crippen molar-refractivity contribution in [3.63, 3.8) is 0 Å². The smallest absolute Gasteiger partial charge is 0.331 e. The number of aliphatic hydroxyl groups is 7. The molecular weight excluding hydrogens is 1280 g/mol. The lowest BCUT2D eigenvalue weighted by atomic mass is 9.42. The Morgan fingerprint density at radius 3 is 2.24 bits per heavy atom. The molecule has 4 saturated heterocycles. The molecule has 4 saturated carbocycles. The number of nitrogens with one attached hydrogen (secondary N) is 2. The molecule has 0 aromatic carbocycles. The fourth-order valence-corrected chi connectivity index (χ4v) is 19.6. The molecule has 28 nitrogen and oxygen atoms in total. The van der Waals surface area contributed by atoms with Crippen LogP contribution >= 0.6 is 0 Å². The molecule has 0 spiro atoms. The molecule has 4 aliphatic carbocycles. The van der Waals surface area contributed by atoms with Gasteiger partial charge in [-0.1, -0.05) is 26.7 Å². The minimum atomic E-state index is -1.40. The molecule has 2 aromatic heterocycles. The van der Waals surface area contributed by atoms with Crippen LogP contribution in [-0.4, -0.2) is 239 Å². The zero-order valence-corrected chi connectivity index (χ0v) is 57.6. The normalized spacial score (nSPS) is 41.1. The number of nitrogens with two attached hydrogens (primary N) is 1. The number of carboxylic acid groups (broad SMARTS) is 1. The predicted octanol–water partition coefficient (Wildman–Crippen LogP) is 1.05. The first-order valence-electron chi connectivity index (χ1n) is 35.4. The zero-order valence-electron chi connectivity index (χ0n) is 56.8. The van der Waals surface area contributed by atoms with Crippen LogP contribution in [0.5, 0.6) is 0 Å². The van der Waals surface area contributed by atoms with Gasteiger partial charge in [0.25, 0.3) is 0 Å². The predicted molar refractivity (Wildman–Crippen MR) is 347 cm³/mol. The Hall–Kier alpha value is -4.28. The highest BCUT2D eigenvalue weighted by Crippen LogP contribution is 2.70. The van der Waals surface area contributed by atoms with Gasteiger partial charge in [0.1, 0.15) is 78.8 Å². The number of carboxylic acids is 1. The number of amides is 2. The van der Waals surface area contributed by atoms with Crippen LogP contribution in [0.15, 0.2) is 24.3 Å². The molecule has 8 fully saturated rings. The molecule has 9 aliphatic rings. The fraction of sp³-hybridized carbons (Fsp3) is 0.838. The van der Waals surface area contributed by atoms with Crippen LogP contribution in [0.4, 0.5) is 5.82 Å². The van der Waals surface area contributed by atoms with Crippen LogP contribution in [0.2, 0.25) is 0 Å². The van der Waals surface area contributed by atoms with E-state index < -0.39 is 144 Å². The number of cyclic esters (lactones) is 1. The van der Waals surface area contributed by atoms with E-state index in [2.05, 4.69) is 32.5 Å². The van der Waals surface area contributed by atoms with Gasteiger partial charge in [-0.15, -0.1) is 0 Å². The van der Waals surface area contributed by atoms with E-state index in [-0.39, 0.29) is 85.9 Å². The first-order valence-corrected chi connectivity index (χ1v) is 37.4. The summed E-state index contributed by atoms with van der Waals surface area (Å²) in [4.78, 5) is 61.7. The number of carbonyl (C=O) groups is 4. The van der Waals surface area contributed by atoms with Crippen molar-refractivity contribution in [3.8, 4) is 0 Å². The number of anilines is 1. The second kappa shape index (κ2) is 31.5. The third-order valence-corrected chi connectivity index (χ3v) is 25.4. The molecule has 544 valence electrons. The minimum Gasteiger partial charge on any atom is -0.548 e. The number of aromatic nitrogens is 4. The molecule has 97 heavy (non-hydrogen) atoms. The number of hydrogen-bond acceptors (Lipinski definition) is 25. The lowest BCUT2D eigenvalue weighted by molar-refractivity contribution is -0.319. The summed E-state index contributed by atoms with van der Waals surface area (Å²) in [5.74, 6) is -0.987. The van der Waals surface area contributed by atoms with Gasteiger partial charge >= 0.3 is 5.97 Å². The monoisotopic (exact) mass is 1390 g/mol. The fourth-order valence-electron chi connectivity index (χ4n) is 18.0. The Bertz CT molecular complexity index is 3040. The maximum atomic E-state index is 12.7. The standard InChI is InChI=1S/C68H105N7O21S/c1-35-61(57(83)47(31-89-35)94-60-37(3)92-53(29-46(60)77)93-40-17-20-66(4)39(26-40)15-16-42-43(66)27-49(78)67(5)41(18-21-68(42,67)87)38-25-52(81)90-30-38)96-54-28-45(76)59(36(2)91-54)88-23-12-8-10-13-50(79)70-22-11-7-9-14-51(80)74-44(65(85)86)19-24-97(6)32-48-56(82)58(84)64(95-48)75-34-73-55-62(69)71-33-72-63(55)75/h25,33-37,39-49,53-54,56-61,64,76-78,82-84,87H,7-24,26-32H2,1-6H3,(H4-,69,70,71,72,74,79,80,85,86)/t35-,36-,37-,39-,40-,41-,42?,43+,44+,45+,46+,47?,48-,49-,53?,54?,56-,57+,58-,59-,60-,61-,64-,66+,67+,68+,97?/m1/s1. The van der Waals surface area contributed by atoms with E-state index in [9.17, 15) is 60.0 Å². The van der Waals surface area contributed by atoms with Gasteiger partial charge in [-0.25, -0.2) is 19.7 Å². The summed E-state index contributed by atoms with van der Waals surface area (Å²) in [6.07, 6.45) is 2.28. The highest BCUT2D eigenvalue weighted by molar-refractivity contribution is 7.96. The molecule has 27 atom stereocenters. The molecule has 7 heterocycles. The Labute approximate surface area is 569 Å². The Morgan fingerprint density at radius 1 is 0.794 bits per heavy atom. The third kappa shape index (κ3) is 15.9. The number of ether oxygens (including phenoxy) is 9. The van der Waals surface area contributed by atoms with Crippen LogP contribution in [0.25, 0.3) is 11.2 Å². The lowest BCUT2D eigenvalue weighted by Crippen LogP contribution is -2.67. The Balaban J connectivity index is 0.525. The van der Waals surface area contributed by atoms with E-state index in [1.54, 1.807) is 19.9 Å². The molecule has 11 N–H and O–H groups in total. The number of aliphatic hydroxyl groups excluding tert-OH is 6. The lowest BCUT2D eigenvalue weighted by Gasteiger charge is -2.65.